The van der Waals surface area contributed by atoms with E-state index in [1.807, 2.05) is 0 Å². The lowest BCUT2D eigenvalue weighted by Gasteiger charge is -2.07. The van der Waals surface area contributed by atoms with Crippen LogP contribution in [0.15, 0.2) is 47.6 Å². The Morgan fingerprint density at radius 1 is 1.14 bits per heavy atom. The molecule has 2 aromatic carbocycles. The molecule has 0 atom stereocenters. The van der Waals surface area contributed by atoms with E-state index >= 15 is 0 Å². The van der Waals surface area contributed by atoms with Crippen LogP contribution in [-0.4, -0.2) is 26.3 Å². The van der Waals surface area contributed by atoms with Gasteiger partial charge in [-0.15, -0.1) is 0 Å². The Hall–Kier alpha value is -2.53. The average molecular weight is 319 g/mol. The zero-order valence-electron chi connectivity index (χ0n) is 12.2. The predicted octanol–water partition coefficient (Wildman–Crippen LogP) is 3.12. The highest BCUT2D eigenvalue weighted by atomic mass is 35.5. The van der Waals surface area contributed by atoms with Crippen molar-refractivity contribution in [2.75, 3.05) is 14.2 Å². The Kier molecular flexibility index (Phi) is 5.38. The summed E-state index contributed by atoms with van der Waals surface area (Å²) in [6, 6.07) is 12.1. The van der Waals surface area contributed by atoms with Gasteiger partial charge in [-0.3, -0.25) is 4.79 Å². The molecule has 114 valence electrons. The van der Waals surface area contributed by atoms with Gasteiger partial charge in [0, 0.05) is 0 Å². The molecule has 1 N–H and O–H groups in total. The quantitative estimate of drug-likeness (QED) is 0.680. The fourth-order valence-corrected chi connectivity index (χ4v) is 2.03. The van der Waals surface area contributed by atoms with Crippen LogP contribution in [0.25, 0.3) is 0 Å². The second kappa shape index (κ2) is 7.47. The van der Waals surface area contributed by atoms with Gasteiger partial charge < -0.3 is 9.47 Å². The Labute approximate surface area is 133 Å². The Morgan fingerprint density at radius 3 is 2.55 bits per heavy atom. The summed E-state index contributed by atoms with van der Waals surface area (Å²) in [5, 5.41) is 4.29. The molecule has 0 aliphatic heterocycles. The van der Waals surface area contributed by atoms with Gasteiger partial charge in [0.15, 0.2) is 11.5 Å². The van der Waals surface area contributed by atoms with E-state index in [2.05, 4.69) is 10.5 Å². The lowest BCUT2D eigenvalue weighted by Crippen LogP contribution is -2.17. The number of methoxy groups -OCH3 is 2. The van der Waals surface area contributed by atoms with Crippen molar-refractivity contribution in [2.45, 2.75) is 0 Å². The fraction of sp³-hybridized carbons (Fsp3) is 0.125. The van der Waals surface area contributed by atoms with Crippen molar-refractivity contribution in [3.05, 3.63) is 58.6 Å². The zero-order chi connectivity index (χ0) is 15.9. The van der Waals surface area contributed by atoms with Crippen LogP contribution >= 0.6 is 11.6 Å². The number of hydrogen-bond acceptors (Lipinski definition) is 4. The molecule has 0 aliphatic rings. The number of amides is 1. The maximum absolute atomic E-state index is 11.9. The SMILES string of the molecule is COc1ccc(C=NNC(=O)c2ccccc2Cl)cc1OC. The third kappa shape index (κ3) is 3.77. The number of carbonyl (C=O) groups excluding carboxylic acids is 1. The van der Waals surface area contributed by atoms with Gasteiger partial charge in [0.1, 0.15) is 0 Å². The third-order valence-corrected chi connectivity index (χ3v) is 3.24. The molecule has 0 unspecified atom stereocenters. The first-order chi connectivity index (χ1) is 10.7. The van der Waals surface area contributed by atoms with Gasteiger partial charge in [0.05, 0.1) is 31.0 Å². The first-order valence-corrected chi connectivity index (χ1v) is 6.83. The van der Waals surface area contributed by atoms with Gasteiger partial charge in [-0.1, -0.05) is 23.7 Å². The molecule has 2 aromatic rings. The van der Waals surface area contributed by atoms with Crippen LogP contribution in [0.2, 0.25) is 5.02 Å². The molecule has 22 heavy (non-hydrogen) atoms. The van der Waals surface area contributed by atoms with Gasteiger partial charge in [0.25, 0.3) is 5.91 Å². The van der Waals surface area contributed by atoms with Crippen LogP contribution in [0.5, 0.6) is 11.5 Å². The molecule has 0 bridgehead atoms. The van der Waals surface area contributed by atoms with Crippen LogP contribution in [-0.2, 0) is 0 Å². The topological polar surface area (TPSA) is 59.9 Å². The molecule has 0 heterocycles. The Balaban J connectivity index is 2.07. The number of nitrogens with one attached hydrogen (secondary N) is 1. The smallest absolute Gasteiger partial charge is 0.272 e. The van der Waals surface area contributed by atoms with Gasteiger partial charge in [-0.2, -0.15) is 5.10 Å². The Bertz CT molecular complexity index is 702. The van der Waals surface area contributed by atoms with Gasteiger partial charge in [0.2, 0.25) is 0 Å². The Morgan fingerprint density at radius 2 is 1.86 bits per heavy atom. The average Bonchev–Trinajstić information content (AvgIpc) is 2.55. The number of hydrogen-bond donors (Lipinski definition) is 1. The molecule has 6 heteroatoms. The molecule has 0 fully saturated rings. The minimum Gasteiger partial charge on any atom is -0.493 e. The zero-order valence-corrected chi connectivity index (χ0v) is 12.9. The normalized spacial score (nSPS) is 10.5. The lowest BCUT2D eigenvalue weighted by atomic mass is 10.2. The third-order valence-electron chi connectivity index (χ3n) is 2.91. The summed E-state index contributed by atoms with van der Waals surface area (Å²) in [6.07, 6.45) is 1.51. The summed E-state index contributed by atoms with van der Waals surface area (Å²) in [4.78, 5) is 11.9. The summed E-state index contributed by atoms with van der Waals surface area (Å²) in [5.41, 5.74) is 3.56. The molecule has 0 saturated heterocycles. The van der Waals surface area contributed by atoms with E-state index < -0.39 is 0 Å². The monoisotopic (exact) mass is 318 g/mol. The maximum atomic E-state index is 11.9. The van der Waals surface area contributed by atoms with Crippen molar-refractivity contribution in [3.8, 4) is 11.5 Å². The van der Waals surface area contributed by atoms with Gasteiger partial charge >= 0.3 is 0 Å². The molecule has 1 amide bonds. The number of nitrogens with zero attached hydrogens (tertiary/aromatic N) is 1. The first-order valence-electron chi connectivity index (χ1n) is 6.45. The van der Waals surface area contributed by atoms with Gasteiger partial charge in [-0.25, -0.2) is 5.43 Å². The van der Waals surface area contributed by atoms with Crippen LogP contribution < -0.4 is 14.9 Å². The van der Waals surface area contributed by atoms with E-state index in [-0.39, 0.29) is 5.91 Å². The number of hydrazone groups is 1. The minimum atomic E-state index is -0.373. The van der Waals surface area contributed by atoms with E-state index in [4.69, 9.17) is 21.1 Å². The fourth-order valence-electron chi connectivity index (χ4n) is 1.80. The van der Waals surface area contributed by atoms with Crippen LogP contribution in [0.1, 0.15) is 15.9 Å². The van der Waals surface area contributed by atoms with Gasteiger partial charge in [-0.05, 0) is 35.9 Å². The minimum absolute atomic E-state index is 0.369. The highest BCUT2D eigenvalue weighted by Crippen LogP contribution is 2.26. The molecule has 5 nitrogen and oxygen atoms in total. The van der Waals surface area contributed by atoms with Crippen LogP contribution in [0.4, 0.5) is 0 Å². The van der Waals surface area contributed by atoms with Crippen molar-refractivity contribution >= 4 is 23.7 Å². The van der Waals surface area contributed by atoms with E-state index in [1.54, 1.807) is 56.7 Å². The highest BCUT2D eigenvalue weighted by Gasteiger charge is 2.08. The molecule has 2 rings (SSSR count). The number of ether oxygens (including phenoxy) is 2. The largest absolute Gasteiger partial charge is 0.493 e. The van der Waals surface area contributed by atoms with E-state index in [1.165, 1.54) is 6.21 Å². The molecular formula is C16H15ClN2O3. The summed E-state index contributed by atoms with van der Waals surface area (Å²) in [7, 11) is 3.12. The molecule has 0 aliphatic carbocycles. The lowest BCUT2D eigenvalue weighted by molar-refractivity contribution is 0.0955. The van der Waals surface area contributed by atoms with Crippen molar-refractivity contribution in [1.82, 2.24) is 5.43 Å². The number of halogens is 1. The molecule has 0 aromatic heterocycles. The number of benzene rings is 2. The predicted molar refractivity (Wildman–Crippen MR) is 86.1 cm³/mol. The summed E-state index contributed by atoms with van der Waals surface area (Å²) < 4.78 is 10.3. The molecular weight excluding hydrogens is 304 g/mol. The number of rotatable bonds is 5. The maximum Gasteiger partial charge on any atom is 0.272 e. The number of carbonyl (C=O) groups is 1. The van der Waals surface area contributed by atoms with E-state index in [9.17, 15) is 4.79 Å². The molecule has 0 spiro atoms. The summed E-state index contributed by atoms with van der Waals surface area (Å²) >= 11 is 5.94. The van der Waals surface area contributed by atoms with Crippen molar-refractivity contribution in [3.63, 3.8) is 0 Å². The van der Waals surface area contributed by atoms with Crippen molar-refractivity contribution in [2.24, 2.45) is 5.10 Å². The van der Waals surface area contributed by atoms with E-state index in [0.717, 1.165) is 5.56 Å². The second-order valence-electron chi connectivity index (χ2n) is 4.29. The summed E-state index contributed by atoms with van der Waals surface area (Å²) in [5.74, 6) is 0.839. The van der Waals surface area contributed by atoms with Crippen LogP contribution in [0, 0.1) is 0 Å². The standard InChI is InChI=1S/C16H15ClN2O3/c1-21-14-8-7-11(9-15(14)22-2)10-18-19-16(20)12-5-3-4-6-13(12)17/h3-10H,1-2H3,(H,19,20). The first kappa shape index (κ1) is 15.9. The molecule has 0 radical (unpaired) electrons. The van der Waals surface area contributed by atoms with E-state index in [0.29, 0.717) is 22.1 Å². The van der Waals surface area contributed by atoms with Crippen molar-refractivity contribution in [1.29, 1.82) is 0 Å². The summed E-state index contributed by atoms with van der Waals surface area (Å²) in [6.45, 7) is 0. The van der Waals surface area contributed by atoms with Crippen LogP contribution in [0.3, 0.4) is 0 Å². The highest BCUT2D eigenvalue weighted by molar-refractivity contribution is 6.33. The second-order valence-corrected chi connectivity index (χ2v) is 4.70. The van der Waals surface area contributed by atoms with Crippen molar-refractivity contribution < 1.29 is 14.3 Å². The molecule has 0 saturated carbocycles.